The second-order valence-electron chi connectivity index (χ2n) is 10.1. The summed E-state index contributed by atoms with van der Waals surface area (Å²) in [5, 5.41) is 2.99. The number of benzene rings is 4. The molecule has 5 aromatic rings. The van der Waals surface area contributed by atoms with E-state index < -0.39 is 0 Å². The van der Waals surface area contributed by atoms with Gasteiger partial charge < -0.3 is 23.9 Å². The lowest BCUT2D eigenvalue weighted by Crippen LogP contribution is -2.27. The molecular formula is C34H31N3O5. The Morgan fingerprint density at radius 1 is 0.833 bits per heavy atom. The zero-order valence-electron chi connectivity index (χ0n) is 23.2. The molecule has 0 spiro atoms. The van der Waals surface area contributed by atoms with Gasteiger partial charge in [-0.2, -0.15) is 0 Å². The lowest BCUT2D eigenvalue weighted by molar-refractivity contribution is 0.0934. The third-order valence-corrected chi connectivity index (χ3v) is 6.92. The van der Waals surface area contributed by atoms with E-state index in [4.69, 9.17) is 18.6 Å². The molecule has 2 heterocycles. The van der Waals surface area contributed by atoms with Crippen LogP contribution < -0.4 is 19.5 Å². The Hall–Kier alpha value is -5.08. The van der Waals surface area contributed by atoms with Crippen molar-refractivity contribution >= 4 is 5.91 Å². The Balaban J connectivity index is 1.18. The summed E-state index contributed by atoms with van der Waals surface area (Å²) in [4.78, 5) is 19.6. The van der Waals surface area contributed by atoms with Gasteiger partial charge in [0.25, 0.3) is 5.91 Å². The summed E-state index contributed by atoms with van der Waals surface area (Å²) in [6.07, 6.45) is 1.41. The number of amides is 1. The Morgan fingerprint density at radius 2 is 1.55 bits per heavy atom. The maximum atomic E-state index is 12.9. The van der Waals surface area contributed by atoms with Crippen molar-refractivity contribution in [3.63, 3.8) is 0 Å². The van der Waals surface area contributed by atoms with Gasteiger partial charge in [-0.3, -0.25) is 9.69 Å². The molecule has 0 bridgehead atoms. The third kappa shape index (κ3) is 6.79. The Bertz CT molecular complexity index is 1640. The van der Waals surface area contributed by atoms with Gasteiger partial charge in [-0.25, -0.2) is 4.98 Å². The Morgan fingerprint density at radius 3 is 2.36 bits per heavy atom. The molecule has 8 heteroatoms. The molecule has 0 saturated carbocycles. The predicted molar refractivity (Wildman–Crippen MR) is 157 cm³/mol. The normalized spacial score (nSPS) is 12.7. The van der Waals surface area contributed by atoms with Crippen LogP contribution in [0.3, 0.4) is 0 Å². The van der Waals surface area contributed by atoms with Gasteiger partial charge in [-0.15, -0.1) is 0 Å². The Kier molecular flexibility index (Phi) is 8.14. The fourth-order valence-electron chi connectivity index (χ4n) is 4.83. The number of carbonyl (C=O) groups is 1. The molecule has 0 radical (unpaired) electrons. The van der Waals surface area contributed by atoms with Crippen molar-refractivity contribution in [2.75, 3.05) is 6.79 Å². The minimum Gasteiger partial charge on any atom is -0.457 e. The minimum atomic E-state index is -0.283. The number of nitrogens with zero attached hydrogens (tertiary/aromatic N) is 2. The second kappa shape index (κ2) is 12.6. The first-order chi connectivity index (χ1) is 20.6. The van der Waals surface area contributed by atoms with Gasteiger partial charge in [0.1, 0.15) is 17.8 Å². The zero-order valence-corrected chi connectivity index (χ0v) is 23.2. The van der Waals surface area contributed by atoms with E-state index in [0.29, 0.717) is 25.5 Å². The number of hydrogen-bond donors (Lipinski definition) is 1. The molecule has 8 nitrogen and oxygen atoms in total. The highest BCUT2D eigenvalue weighted by molar-refractivity contribution is 5.92. The van der Waals surface area contributed by atoms with Crippen LogP contribution in [0.4, 0.5) is 0 Å². The van der Waals surface area contributed by atoms with Gasteiger partial charge in [0, 0.05) is 13.1 Å². The molecule has 1 aliphatic heterocycles. The first-order valence-electron chi connectivity index (χ1n) is 13.8. The van der Waals surface area contributed by atoms with E-state index in [1.54, 1.807) is 0 Å². The van der Waals surface area contributed by atoms with Gasteiger partial charge in [0.05, 0.1) is 12.6 Å². The van der Waals surface area contributed by atoms with Crippen molar-refractivity contribution in [2.24, 2.45) is 0 Å². The number of oxazole rings is 1. The van der Waals surface area contributed by atoms with Gasteiger partial charge in [0.15, 0.2) is 17.2 Å². The van der Waals surface area contributed by atoms with Crippen LogP contribution in [0.15, 0.2) is 114 Å². The summed E-state index contributed by atoms with van der Waals surface area (Å²) in [5.41, 5.74) is 3.37. The molecule has 1 atom stereocenters. The summed E-state index contributed by atoms with van der Waals surface area (Å²) >= 11 is 0. The smallest absolute Gasteiger partial charge is 0.273 e. The quantitative estimate of drug-likeness (QED) is 0.188. The molecule has 6 rings (SSSR count). The predicted octanol–water partition coefficient (Wildman–Crippen LogP) is 6.89. The van der Waals surface area contributed by atoms with Crippen molar-refractivity contribution in [2.45, 2.75) is 32.6 Å². The summed E-state index contributed by atoms with van der Waals surface area (Å²) in [7, 11) is 0. The molecule has 0 aliphatic carbocycles. The van der Waals surface area contributed by atoms with Crippen molar-refractivity contribution in [1.29, 1.82) is 0 Å². The van der Waals surface area contributed by atoms with Gasteiger partial charge in [-0.1, -0.05) is 66.7 Å². The molecule has 0 fully saturated rings. The minimum absolute atomic E-state index is 0.160. The van der Waals surface area contributed by atoms with Gasteiger partial charge in [0.2, 0.25) is 12.7 Å². The van der Waals surface area contributed by atoms with E-state index in [9.17, 15) is 4.79 Å². The molecular weight excluding hydrogens is 530 g/mol. The molecule has 1 N–H and O–H groups in total. The third-order valence-electron chi connectivity index (χ3n) is 6.92. The SMILES string of the molecule is C[C@@H](NC(=O)c1coc(CN(Cc2cccc(Oc3ccccc3)c2)Cc2ccc3c(c2)OCO3)n1)c1ccccc1. The Labute approximate surface area is 244 Å². The van der Waals surface area contributed by atoms with Gasteiger partial charge in [-0.05, 0) is 60.0 Å². The van der Waals surface area contributed by atoms with Crippen LogP contribution in [0.5, 0.6) is 23.0 Å². The summed E-state index contributed by atoms with van der Waals surface area (Å²) < 4.78 is 22.9. The molecule has 4 aromatic carbocycles. The first-order valence-corrected chi connectivity index (χ1v) is 13.8. The van der Waals surface area contributed by atoms with Crippen LogP contribution in [0.25, 0.3) is 0 Å². The van der Waals surface area contributed by atoms with Crippen LogP contribution in [0, 0.1) is 0 Å². The number of ether oxygens (including phenoxy) is 3. The lowest BCUT2D eigenvalue weighted by atomic mass is 10.1. The average Bonchev–Trinajstić information content (AvgIpc) is 3.68. The van der Waals surface area contributed by atoms with Crippen LogP contribution in [0.2, 0.25) is 0 Å². The van der Waals surface area contributed by atoms with Crippen LogP contribution in [-0.2, 0) is 19.6 Å². The molecule has 1 aliphatic rings. The average molecular weight is 562 g/mol. The number of nitrogens with one attached hydrogen (secondary N) is 1. The molecule has 212 valence electrons. The number of aromatic nitrogens is 1. The van der Waals surface area contributed by atoms with Crippen molar-refractivity contribution in [1.82, 2.24) is 15.2 Å². The highest BCUT2D eigenvalue weighted by Crippen LogP contribution is 2.33. The molecule has 1 amide bonds. The number of hydrogen-bond acceptors (Lipinski definition) is 7. The largest absolute Gasteiger partial charge is 0.457 e. The summed E-state index contributed by atoms with van der Waals surface area (Å²) in [6, 6.07) is 33.3. The van der Waals surface area contributed by atoms with E-state index >= 15 is 0 Å². The van der Waals surface area contributed by atoms with Gasteiger partial charge >= 0.3 is 0 Å². The van der Waals surface area contributed by atoms with E-state index in [1.165, 1.54) is 6.26 Å². The standard InChI is InChI=1S/C34H31N3O5/c1-24(27-10-4-2-5-11-27)35-34(38)30-22-39-33(36-30)21-37(20-26-15-16-31-32(18-26)41-23-40-31)19-25-9-8-14-29(17-25)42-28-12-6-3-7-13-28/h2-18,22,24H,19-21,23H2,1H3,(H,35,38)/t24-/m1/s1. The monoisotopic (exact) mass is 561 g/mol. The van der Waals surface area contributed by atoms with Crippen LogP contribution in [0.1, 0.15) is 46.0 Å². The topological polar surface area (TPSA) is 86.1 Å². The summed E-state index contributed by atoms with van der Waals surface area (Å²) in [5.74, 6) is 3.17. The number of rotatable bonds is 11. The molecule has 1 aromatic heterocycles. The van der Waals surface area contributed by atoms with Crippen molar-refractivity contribution in [3.05, 3.63) is 138 Å². The van der Waals surface area contributed by atoms with Crippen LogP contribution in [-0.4, -0.2) is 22.6 Å². The lowest BCUT2D eigenvalue weighted by Gasteiger charge is -2.21. The molecule has 0 saturated heterocycles. The highest BCUT2D eigenvalue weighted by Gasteiger charge is 2.19. The number of carbonyl (C=O) groups excluding carboxylic acids is 1. The van der Waals surface area contributed by atoms with E-state index in [-0.39, 0.29) is 24.4 Å². The number of para-hydroxylation sites is 1. The fraction of sp³-hybridized carbons (Fsp3) is 0.176. The van der Waals surface area contributed by atoms with E-state index in [1.807, 2.05) is 104 Å². The van der Waals surface area contributed by atoms with Crippen LogP contribution >= 0.6 is 0 Å². The highest BCUT2D eigenvalue weighted by atomic mass is 16.7. The molecule has 0 unspecified atom stereocenters. The first kappa shape index (κ1) is 27.1. The maximum Gasteiger partial charge on any atom is 0.273 e. The maximum absolute atomic E-state index is 12.9. The van der Waals surface area contributed by atoms with E-state index in [2.05, 4.69) is 21.3 Å². The summed E-state index contributed by atoms with van der Waals surface area (Å²) in [6.45, 7) is 3.74. The molecule has 42 heavy (non-hydrogen) atoms. The fourth-order valence-corrected chi connectivity index (χ4v) is 4.83. The zero-order chi connectivity index (χ0) is 28.7. The second-order valence-corrected chi connectivity index (χ2v) is 10.1. The van der Waals surface area contributed by atoms with Crippen molar-refractivity contribution < 1.29 is 23.4 Å². The van der Waals surface area contributed by atoms with E-state index in [0.717, 1.165) is 39.7 Å². The number of fused-ring (bicyclic) bond motifs is 1. The van der Waals surface area contributed by atoms with Crippen molar-refractivity contribution in [3.8, 4) is 23.0 Å².